The maximum Gasteiger partial charge on any atom is 0.0363 e. The lowest BCUT2D eigenvalue weighted by atomic mass is 12.3. The standard InChI is InChI=1S/H4N4O3/c5-3-1-2-4(6)7-3/h1-4H. The summed E-state index contributed by atoms with van der Waals surface area (Å²) in [6.07, 6.45) is 0. The third-order valence-corrected chi connectivity index (χ3v) is 0.452. The summed E-state index contributed by atoms with van der Waals surface area (Å²) in [6, 6.07) is 0. The molecule has 0 aromatic rings. The van der Waals surface area contributed by atoms with Crippen molar-refractivity contribution in [3.05, 3.63) is 10.4 Å². The Morgan fingerprint density at radius 2 is 1.57 bits per heavy atom. The van der Waals surface area contributed by atoms with Gasteiger partial charge in [0, 0.05) is 4.94 Å². The molecule has 0 spiro atoms. The van der Waals surface area contributed by atoms with Gasteiger partial charge in [-0.3, -0.25) is 0 Å². The van der Waals surface area contributed by atoms with E-state index < -0.39 is 10.7 Å². The molecule has 1 fully saturated rings. The van der Waals surface area contributed by atoms with Crippen molar-refractivity contribution in [3.63, 3.8) is 0 Å². The molecule has 7 heteroatoms. The van der Waals surface area contributed by atoms with Gasteiger partial charge in [-0.05, 0) is 11.1 Å². The van der Waals surface area contributed by atoms with Gasteiger partial charge >= 0.3 is 0 Å². The van der Waals surface area contributed by atoms with Crippen molar-refractivity contribution >= 4 is 0 Å². The molecule has 1 rings (SSSR count). The van der Waals surface area contributed by atoms with Gasteiger partial charge in [-0.2, -0.15) is 0 Å². The zero-order valence-corrected chi connectivity index (χ0v) is 3.22. The zero-order valence-electron chi connectivity index (χ0n) is 3.22. The van der Waals surface area contributed by atoms with E-state index in [0.29, 0.717) is 0 Å². The first kappa shape index (κ1) is 4.87. The Bertz CT molecular complexity index is 56.0. The fourth-order valence-electron chi connectivity index (χ4n) is 0.237. The van der Waals surface area contributed by atoms with Crippen molar-refractivity contribution in [2.45, 2.75) is 0 Å². The number of hydrogen-bond acceptors (Lipinski definition) is 5. The molecule has 7 nitrogen and oxygen atoms in total. The van der Waals surface area contributed by atoms with Crippen LogP contribution in [-0.4, -0.2) is 0 Å². The van der Waals surface area contributed by atoms with Gasteiger partial charge in [0.05, 0.1) is 0 Å². The van der Waals surface area contributed by atoms with Crippen molar-refractivity contribution in [3.8, 4) is 0 Å². The SMILES string of the molecule is [O-][NH+]1NN[NH+]([O-])O1. The molecular weight excluding hydrogens is 104 g/mol. The summed E-state index contributed by atoms with van der Waals surface area (Å²) >= 11 is 0. The van der Waals surface area contributed by atoms with Crippen LogP contribution in [0.2, 0.25) is 0 Å². The van der Waals surface area contributed by atoms with Crippen LogP contribution in [0.3, 0.4) is 0 Å². The molecule has 0 aromatic carbocycles. The number of quaternary nitrogens is 2. The van der Waals surface area contributed by atoms with Gasteiger partial charge in [0.2, 0.25) is 0 Å². The van der Waals surface area contributed by atoms with Crippen LogP contribution in [-0.2, 0) is 4.94 Å². The summed E-state index contributed by atoms with van der Waals surface area (Å²) in [5, 5.41) is 18.2. The van der Waals surface area contributed by atoms with Crippen molar-refractivity contribution in [2.75, 3.05) is 0 Å². The van der Waals surface area contributed by atoms with E-state index in [4.69, 9.17) is 0 Å². The molecule has 0 aliphatic carbocycles. The van der Waals surface area contributed by atoms with E-state index in [2.05, 4.69) is 4.94 Å². The maximum absolute atomic E-state index is 9.84. The quantitative estimate of drug-likeness (QED) is 0.235. The van der Waals surface area contributed by atoms with Gasteiger partial charge in [0.1, 0.15) is 0 Å². The number of rotatable bonds is 0. The first-order valence-corrected chi connectivity index (χ1v) is 1.57. The predicted molar refractivity (Wildman–Crippen MR) is 16.0 cm³/mol. The number of hydrazine groups is 1. The molecule has 4 N–H and O–H groups in total. The van der Waals surface area contributed by atoms with Crippen LogP contribution < -0.4 is 21.7 Å². The summed E-state index contributed by atoms with van der Waals surface area (Å²) < 4.78 is 0. The lowest BCUT2D eigenvalue weighted by Gasteiger charge is -2.04. The fraction of sp³-hybridized carbons (Fsp3) is 0. The molecule has 1 aliphatic rings. The predicted octanol–water partition coefficient (Wildman–Crippen LogP) is -4.46. The smallest absolute Gasteiger partial charge is 0.0363 e. The third kappa shape index (κ3) is 1.04. The highest BCUT2D eigenvalue weighted by atomic mass is 17.1. The average molecular weight is 108 g/mol. The van der Waals surface area contributed by atoms with Crippen LogP contribution in [0.1, 0.15) is 0 Å². The molecule has 2 atom stereocenters. The van der Waals surface area contributed by atoms with E-state index >= 15 is 0 Å². The van der Waals surface area contributed by atoms with Crippen LogP contribution in [0.25, 0.3) is 0 Å². The number of nitrogens with one attached hydrogen (secondary N) is 4. The van der Waals surface area contributed by atoms with Gasteiger partial charge in [0.25, 0.3) is 0 Å². The van der Waals surface area contributed by atoms with Crippen LogP contribution in [0.5, 0.6) is 0 Å². The van der Waals surface area contributed by atoms with E-state index in [1.54, 1.807) is 0 Å². The number of hydrogen-bond donors (Lipinski definition) is 4. The minimum Gasteiger partial charge on any atom is -0.574 e. The van der Waals surface area contributed by atoms with E-state index in [1.165, 1.54) is 0 Å². The largest absolute Gasteiger partial charge is 0.574 e. The highest BCUT2D eigenvalue weighted by Gasteiger charge is 2.13. The van der Waals surface area contributed by atoms with Gasteiger partial charge in [-0.25, -0.2) is 0 Å². The van der Waals surface area contributed by atoms with Crippen molar-refractivity contribution < 1.29 is 15.6 Å². The highest BCUT2D eigenvalue weighted by Crippen LogP contribution is 1.30. The summed E-state index contributed by atoms with van der Waals surface area (Å²) in [6.45, 7) is 0. The molecule has 0 radical (unpaired) electrons. The maximum atomic E-state index is 9.84. The summed E-state index contributed by atoms with van der Waals surface area (Å²) in [4.78, 5) is 3.86. The van der Waals surface area contributed by atoms with E-state index in [-0.39, 0.29) is 0 Å². The second-order valence-electron chi connectivity index (χ2n) is 0.927. The van der Waals surface area contributed by atoms with Gasteiger partial charge in [-0.15, -0.1) is 0 Å². The van der Waals surface area contributed by atoms with Crippen LogP contribution in [0.15, 0.2) is 0 Å². The van der Waals surface area contributed by atoms with Crippen molar-refractivity contribution in [2.24, 2.45) is 0 Å². The Balaban J connectivity index is 2.26. The normalized spacial score (nSPS) is 42.0. The molecule has 0 aromatic heterocycles. The molecule has 1 aliphatic heterocycles. The molecule has 42 valence electrons. The molecule has 0 bridgehead atoms. The Labute approximate surface area is 38.4 Å². The molecule has 7 heavy (non-hydrogen) atoms. The Morgan fingerprint density at radius 1 is 1.14 bits per heavy atom. The van der Waals surface area contributed by atoms with Gasteiger partial charge < -0.3 is 10.4 Å². The van der Waals surface area contributed by atoms with Crippen LogP contribution >= 0.6 is 0 Å². The minimum atomic E-state index is -0.759. The molecule has 2 unspecified atom stereocenters. The van der Waals surface area contributed by atoms with Gasteiger partial charge in [-0.1, -0.05) is 10.7 Å². The third-order valence-electron chi connectivity index (χ3n) is 0.452. The first-order valence-electron chi connectivity index (χ1n) is 1.57. The summed E-state index contributed by atoms with van der Waals surface area (Å²) in [5.41, 5.74) is 3.82. The van der Waals surface area contributed by atoms with E-state index in [1.807, 2.05) is 11.1 Å². The second-order valence-corrected chi connectivity index (χ2v) is 0.927. The van der Waals surface area contributed by atoms with Crippen molar-refractivity contribution in [1.29, 1.82) is 0 Å². The average Bonchev–Trinajstić information content (AvgIpc) is 1.87. The summed E-state index contributed by atoms with van der Waals surface area (Å²) in [7, 11) is 0. The van der Waals surface area contributed by atoms with Crippen LogP contribution in [0.4, 0.5) is 0 Å². The Hall–Kier alpha value is -0.280. The second kappa shape index (κ2) is 1.68. The Kier molecular flexibility index (Phi) is 1.17. The van der Waals surface area contributed by atoms with E-state index in [9.17, 15) is 10.4 Å². The van der Waals surface area contributed by atoms with Gasteiger partial charge in [0.15, 0.2) is 0 Å². The van der Waals surface area contributed by atoms with E-state index in [0.717, 1.165) is 0 Å². The molecule has 0 saturated carbocycles. The zero-order chi connectivity index (χ0) is 5.28. The lowest BCUT2D eigenvalue weighted by molar-refractivity contribution is -1.28. The molecule has 1 heterocycles. The first-order chi connectivity index (χ1) is 3.29. The van der Waals surface area contributed by atoms with Crippen LogP contribution in [0, 0.1) is 10.4 Å². The monoisotopic (exact) mass is 108 g/mol. The molecule has 0 amide bonds. The fourth-order valence-corrected chi connectivity index (χ4v) is 0.237. The topological polar surface area (TPSA) is 88.3 Å². The minimum absolute atomic E-state index is 0.759. The summed E-state index contributed by atoms with van der Waals surface area (Å²) in [5.74, 6) is 0. The molecular formula is H4N4O3. The molecule has 1 saturated heterocycles. The lowest BCUT2D eigenvalue weighted by Crippen LogP contribution is -3.19. The Morgan fingerprint density at radius 3 is 1.71 bits per heavy atom. The highest BCUT2D eigenvalue weighted by molar-refractivity contribution is 3.91. The van der Waals surface area contributed by atoms with Crippen molar-refractivity contribution in [1.82, 2.24) is 11.1 Å².